The van der Waals surface area contributed by atoms with Gasteiger partial charge in [-0.2, -0.15) is 5.10 Å². The summed E-state index contributed by atoms with van der Waals surface area (Å²) in [5.74, 6) is 1.60. The number of aromatic amines is 1. The van der Waals surface area contributed by atoms with Gasteiger partial charge < -0.3 is 5.73 Å². The lowest BCUT2D eigenvalue weighted by atomic mass is 10.2. The number of hydrogen-bond donors (Lipinski definition) is 2. The number of nitrogens with zero attached hydrogens (tertiary/aromatic N) is 2. The highest BCUT2D eigenvalue weighted by molar-refractivity contribution is 5.67. The van der Waals surface area contributed by atoms with Crippen LogP contribution < -0.4 is 5.73 Å². The van der Waals surface area contributed by atoms with E-state index in [1.807, 2.05) is 43.3 Å². The van der Waals surface area contributed by atoms with Gasteiger partial charge in [-0.15, -0.1) is 0 Å². The van der Waals surface area contributed by atoms with E-state index in [9.17, 15) is 0 Å². The van der Waals surface area contributed by atoms with Crippen LogP contribution in [0, 0.1) is 0 Å². The van der Waals surface area contributed by atoms with Crippen LogP contribution in [-0.4, -0.2) is 15.2 Å². The monoisotopic (exact) mass is 214 g/mol. The first-order valence-electron chi connectivity index (χ1n) is 5.23. The van der Waals surface area contributed by atoms with E-state index in [0.717, 1.165) is 23.5 Å². The fourth-order valence-corrected chi connectivity index (χ4v) is 1.32. The molecule has 0 aliphatic heterocycles. The minimum atomic E-state index is 0.702. The third-order valence-corrected chi connectivity index (χ3v) is 2.25. The molecule has 0 atom stereocenters. The van der Waals surface area contributed by atoms with Crippen molar-refractivity contribution in [3.05, 3.63) is 41.5 Å². The van der Waals surface area contributed by atoms with Crippen molar-refractivity contribution in [2.24, 2.45) is 0 Å². The minimum absolute atomic E-state index is 0.702. The van der Waals surface area contributed by atoms with Gasteiger partial charge >= 0.3 is 0 Å². The number of nitrogens with one attached hydrogen (secondary N) is 1. The maximum Gasteiger partial charge on any atom is 0.173 e. The average molecular weight is 214 g/mol. The number of H-pyrrole nitrogens is 1. The van der Waals surface area contributed by atoms with Crippen LogP contribution in [0.2, 0.25) is 0 Å². The number of rotatable bonds is 3. The Morgan fingerprint density at radius 3 is 2.62 bits per heavy atom. The van der Waals surface area contributed by atoms with Gasteiger partial charge in [0.25, 0.3) is 0 Å². The first kappa shape index (κ1) is 10.4. The van der Waals surface area contributed by atoms with Gasteiger partial charge in [-0.25, -0.2) is 4.98 Å². The van der Waals surface area contributed by atoms with Crippen molar-refractivity contribution in [3.63, 3.8) is 0 Å². The molecule has 0 saturated carbocycles. The molecule has 4 heteroatoms. The molecule has 3 N–H and O–H groups in total. The summed E-state index contributed by atoms with van der Waals surface area (Å²) in [7, 11) is 0. The molecule has 0 aliphatic rings. The fourth-order valence-electron chi connectivity index (χ4n) is 1.32. The molecule has 0 unspecified atom stereocenters. The van der Waals surface area contributed by atoms with E-state index in [0.29, 0.717) is 5.82 Å². The molecule has 1 aromatic heterocycles. The molecule has 2 rings (SSSR count). The summed E-state index contributed by atoms with van der Waals surface area (Å²) in [5.41, 5.74) is 7.45. The van der Waals surface area contributed by atoms with Crippen molar-refractivity contribution < 1.29 is 0 Å². The second-order valence-corrected chi connectivity index (χ2v) is 3.49. The molecule has 0 aliphatic carbocycles. The first-order chi connectivity index (χ1) is 7.78. The predicted molar refractivity (Wildman–Crippen MR) is 65.5 cm³/mol. The van der Waals surface area contributed by atoms with E-state index in [2.05, 4.69) is 15.2 Å². The highest BCUT2D eigenvalue weighted by Gasteiger charge is 1.96. The van der Waals surface area contributed by atoms with Crippen LogP contribution in [-0.2, 0) is 6.42 Å². The van der Waals surface area contributed by atoms with E-state index in [1.165, 1.54) is 0 Å². The van der Waals surface area contributed by atoms with Gasteiger partial charge in [0.2, 0.25) is 0 Å². The lowest BCUT2D eigenvalue weighted by Gasteiger charge is -1.93. The zero-order valence-corrected chi connectivity index (χ0v) is 9.14. The van der Waals surface area contributed by atoms with Gasteiger partial charge in [-0.3, -0.25) is 5.10 Å². The van der Waals surface area contributed by atoms with Gasteiger partial charge in [0.05, 0.1) is 0 Å². The molecule has 16 heavy (non-hydrogen) atoms. The second kappa shape index (κ2) is 4.61. The quantitative estimate of drug-likeness (QED) is 0.769. The molecule has 82 valence electrons. The lowest BCUT2D eigenvalue weighted by Crippen LogP contribution is -1.83. The van der Waals surface area contributed by atoms with E-state index >= 15 is 0 Å². The van der Waals surface area contributed by atoms with Crippen LogP contribution in [0.4, 0.5) is 5.69 Å². The summed E-state index contributed by atoms with van der Waals surface area (Å²) in [6, 6.07) is 7.66. The Morgan fingerprint density at radius 2 is 2.00 bits per heavy atom. The Labute approximate surface area is 94.2 Å². The Balaban J connectivity index is 2.11. The van der Waals surface area contributed by atoms with Crippen molar-refractivity contribution in [2.75, 3.05) is 5.73 Å². The van der Waals surface area contributed by atoms with Gasteiger partial charge in [-0.05, 0) is 23.8 Å². The summed E-state index contributed by atoms with van der Waals surface area (Å²) < 4.78 is 0. The summed E-state index contributed by atoms with van der Waals surface area (Å²) in [4.78, 5) is 4.28. The Hall–Kier alpha value is -2.10. The van der Waals surface area contributed by atoms with Crippen LogP contribution in [0.25, 0.3) is 12.2 Å². The first-order valence-corrected chi connectivity index (χ1v) is 5.23. The van der Waals surface area contributed by atoms with Crippen molar-refractivity contribution in [2.45, 2.75) is 13.3 Å². The molecule has 0 bridgehead atoms. The SMILES string of the molecule is CCc1nc(/C=C/c2ccc(N)cc2)n[nH]1. The van der Waals surface area contributed by atoms with E-state index < -0.39 is 0 Å². The van der Waals surface area contributed by atoms with Crippen molar-refractivity contribution in [3.8, 4) is 0 Å². The molecule has 0 amide bonds. The maximum atomic E-state index is 5.60. The minimum Gasteiger partial charge on any atom is -0.399 e. The number of hydrogen-bond acceptors (Lipinski definition) is 3. The van der Waals surface area contributed by atoms with Crippen LogP contribution in [0.15, 0.2) is 24.3 Å². The van der Waals surface area contributed by atoms with E-state index in [1.54, 1.807) is 0 Å². The molecule has 1 aromatic carbocycles. The third-order valence-electron chi connectivity index (χ3n) is 2.25. The normalized spacial score (nSPS) is 11.1. The third kappa shape index (κ3) is 2.48. The largest absolute Gasteiger partial charge is 0.399 e. The average Bonchev–Trinajstić information content (AvgIpc) is 2.76. The number of aryl methyl sites for hydroxylation is 1. The number of anilines is 1. The number of nitrogen functional groups attached to an aromatic ring is 1. The number of aromatic nitrogens is 3. The van der Waals surface area contributed by atoms with Crippen molar-refractivity contribution >= 4 is 17.8 Å². The van der Waals surface area contributed by atoms with Crippen LogP contribution in [0.5, 0.6) is 0 Å². The van der Waals surface area contributed by atoms with Gasteiger partial charge in [0.1, 0.15) is 5.82 Å². The summed E-state index contributed by atoms with van der Waals surface area (Å²) in [6.07, 6.45) is 4.70. The highest BCUT2D eigenvalue weighted by atomic mass is 15.2. The fraction of sp³-hybridized carbons (Fsp3) is 0.167. The Morgan fingerprint density at radius 1 is 1.25 bits per heavy atom. The van der Waals surface area contributed by atoms with E-state index in [4.69, 9.17) is 5.73 Å². The maximum absolute atomic E-state index is 5.60. The predicted octanol–water partition coefficient (Wildman–Crippen LogP) is 2.12. The van der Waals surface area contributed by atoms with Crippen molar-refractivity contribution in [1.29, 1.82) is 0 Å². The van der Waals surface area contributed by atoms with Crippen LogP contribution in [0.3, 0.4) is 0 Å². The topological polar surface area (TPSA) is 67.6 Å². The number of nitrogens with two attached hydrogens (primary N) is 1. The molecule has 1 heterocycles. The molecule has 0 radical (unpaired) electrons. The zero-order valence-electron chi connectivity index (χ0n) is 9.14. The smallest absolute Gasteiger partial charge is 0.173 e. The standard InChI is InChI=1S/C12H14N4/c1-2-11-14-12(16-15-11)8-5-9-3-6-10(13)7-4-9/h3-8H,2,13H2,1H3,(H,14,15,16)/b8-5+. The van der Waals surface area contributed by atoms with Crippen molar-refractivity contribution in [1.82, 2.24) is 15.2 Å². The Kier molecular flexibility index (Phi) is 3.00. The zero-order chi connectivity index (χ0) is 11.4. The molecule has 0 spiro atoms. The molecular weight excluding hydrogens is 200 g/mol. The number of benzene rings is 1. The Bertz CT molecular complexity index is 482. The molecule has 0 saturated heterocycles. The van der Waals surface area contributed by atoms with Crippen LogP contribution >= 0.6 is 0 Å². The van der Waals surface area contributed by atoms with Gasteiger partial charge in [0, 0.05) is 12.1 Å². The highest BCUT2D eigenvalue weighted by Crippen LogP contribution is 2.08. The van der Waals surface area contributed by atoms with E-state index in [-0.39, 0.29) is 0 Å². The second-order valence-electron chi connectivity index (χ2n) is 3.49. The lowest BCUT2D eigenvalue weighted by molar-refractivity contribution is 0.946. The molecule has 0 fully saturated rings. The van der Waals surface area contributed by atoms with Gasteiger partial charge in [0.15, 0.2) is 5.82 Å². The summed E-state index contributed by atoms with van der Waals surface area (Å²) >= 11 is 0. The molecule has 4 nitrogen and oxygen atoms in total. The van der Waals surface area contributed by atoms with Gasteiger partial charge in [-0.1, -0.05) is 25.1 Å². The summed E-state index contributed by atoms with van der Waals surface area (Å²) in [5, 5.41) is 6.94. The molecular formula is C12H14N4. The van der Waals surface area contributed by atoms with Crippen LogP contribution in [0.1, 0.15) is 24.1 Å². The molecule has 2 aromatic rings. The summed E-state index contributed by atoms with van der Waals surface area (Å²) in [6.45, 7) is 2.04.